The lowest BCUT2D eigenvalue weighted by atomic mass is 9.91. The predicted octanol–water partition coefficient (Wildman–Crippen LogP) is 1.65. The van der Waals surface area contributed by atoms with Gasteiger partial charge in [-0.25, -0.2) is 0 Å². The normalized spacial score (nSPS) is 27.2. The zero-order valence-corrected chi connectivity index (χ0v) is 12.6. The zero-order valence-electron chi connectivity index (χ0n) is 12.6. The Morgan fingerprint density at radius 1 is 1.21 bits per heavy atom. The lowest BCUT2D eigenvalue weighted by Gasteiger charge is -2.48. The number of rotatable bonds is 7. The van der Waals surface area contributed by atoms with Crippen LogP contribution in [0.4, 0.5) is 0 Å². The summed E-state index contributed by atoms with van der Waals surface area (Å²) < 4.78 is 10.6. The maximum absolute atomic E-state index is 5.58. The van der Waals surface area contributed by atoms with E-state index in [0.29, 0.717) is 18.2 Å². The van der Waals surface area contributed by atoms with Crippen LogP contribution >= 0.6 is 0 Å². The van der Waals surface area contributed by atoms with Crippen molar-refractivity contribution in [2.24, 2.45) is 0 Å². The van der Waals surface area contributed by atoms with Crippen molar-refractivity contribution in [3.05, 3.63) is 0 Å². The van der Waals surface area contributed by atoms with E-state index in [4.69, 9.17) is 9.47 Å². The number of methoxy groups -OCH3 is 1. The van der Waals surface area contributed by atoms with Gasteiger partial charge >= 0.3 is 0 Å². The van der Waals surface area contributed by atoms with E-state index in [1.807, 2.05) is 0 Å². The monoisotopic (exact) mass is 270 g/mol. The van der Waals surface area contributed by atoms with Crippen molar-refractivity contribution in [1.82, 2.24) is 10.2 Å². The molecule has 0 aromatic rings. The molecule has 1 aliphatic carbocycles. The Morgan fingerprint density at radius 2 is 2.00 bits per heavy atom. The fourth-order valence-electron chi connectivity index (χ4n) is 3.52. The first-order valence-electron chi connectivity index (χ1n) is 7.82. The number of hydrogen-bond donors (Lipinski definition) is 1. The Balaban J connectivity index is 1.72. The summed E-state index contributed by atoms with van der Waals surface area (Å²) in [5, 5.41) is 3.67. The molecule has 112 valence electrons. The molecule has 1 saturated heterocycles. The van der Waals surface area contributed by atoms with Crippen molar-refractivity contribution in [1.29, 1.82) is 0 Å². The molecule has 1 N–H and O–H groups in total. The van der Waals surface area contributed by atoms with Gasteiger partial charge in [0.1, 0.15) is 0 Å². The fourth-order valence-corrected chi connectivity index (χ4v) is 3.52. The maximum atomic E-state index is 5.58. The fraction of sp³-hybridized carbons (Fsp3) is 1.00. The molecule has 1 heterocycles. The highest BCUT2D eigenvalue weighted by Crippen LogP contribution is 2.36. The standard InChI is InChI=1S/C15H30N2O2/c1-14-12-17(8-5-9-19-11-10-18-2)15(13-16-14)6-3-4-7-15/h14,16H,3-13H2,1-2H3. The van der Waals surface area contributed by atoms with Crippen molar-refractivity contribution >= 4 is 0 Å². The highest BCUT2D eigenvalue weighted by molar-refractivity contribution is 5.00. The highest BCUT2D eigenvalue weighted by Gasteiger charge is 2.42. The number of piperazine rings is 1. The summed E-state index contributed by atoms with van der Waals surface area (Å²) >= 11 is 0. The third-order valence-electron chi connectivity index (χ3n) is 4.63. The Hall–Kier alpha value is -0.160. The summed E-state index contributed by atoms with van der Waals surface area (Å²) in [4.78, 5) is 2.74. The summed E-state index contributed by atoms with van der Waals surface area (Å²) in [7, 11) is 1.72. The third kappa shape index (κ3) is 4.15. The van der Waals surface area contributed by atoms with Crippen LogP contribution in [0.15, 0.2) is 0 Å². The van der Waals surface area contributed by atoms with E-state index in [1.54, 1.807) is 7.11 Å². The molecular weight excluding hydrogens is 240 g/mol. The third-order valence-corrected chi connectivity index (χ3v) is 4.63. The van der Waals surface area contributed by atoms with Crippen LogP contribution in [0.2, 0.25) is 0 Å². The lowest BCUT2D eigenvalue weighted by molar-refractivity contribution is 0.0276. The second-order valence-corrected chi connectivity index (χ2v) is 6.12. The Kier molecular flexibility index (Phi) is 6.07. The maximum Gasteiger partial charge on any atom is 0.0700 e. The second-order valence-electron chi connectivity index (χ2n) is 6.12. The van der Waals surface area contributed by atoms with Gasteiger partial charge in [-0.3, -0.25) is 4.90 Å². The summed E-state index contributed by atoms with van der Waals surface area (Å²) in [6.45, 7) is 8.13. The van der Waals surface area contributed by atoms with Crippen molar-refractivity contribution < 1.29 is 9.47 Å². The molecule has 1 unspecified atom stereocenters. The molecule has 1 atom stereocenters. The van der Waals surface area contributed by atoms with Crippen LogP contribution in [0.3, 0.4) is 0 Å². The van der Waals surface area contributed by atoms with Crippen LogP contribution in [0.5, 0.6) is 0 Å². The van der Waals surface area contributed by atoms with Crippen molar-refractivity contribution in [2.75, 3.05) is 46.6 Å². The van der Waals surface area contributed by atoms with E-state index in [-0.39, 0.29) is 0 Å². The van der Waals surface area contributed by atoms with Crippen LogP contribution < -0.4 is 5.32 Å². The van der Waals surface area contributed by atoms with Crippen LogP contribution in [0.1, 0.15) is 39.0 Å². The zero-order chi connectivity index (χ0) is 13.6. The first-order valence-corrected chi connectivity index (χ1v) is 7.82. The smallest absolute Gasteiger partial charge is 0.0700 e. The average Bonchev–Trinajstić information content (AvgIpc) is 2.87. The van der Waals surface area contributed by atoms with Gasteiger partial charge in [-0.05, 0) is 26.2 Å². The predicted molar refractivity (Wildman–Crippen MR) is 77.5 cm³/mol. The summed E-state index contributed by atoms with van der Waals surface area (Å²) in [6, 6.07) is 0.626. The topological polar surface area (TPSA) is 33.7 Å². The molecule has 19 heavy (non-hydrogen) atoms. The molecule has 2 fully saturated rings. The lowest BCUT2D eigenvalue weighted by Crippen LogP contribution is -2.63. The van der Waals surface area contributed by atoms with E-state index in [0.717, 1.165) is 19.6 Å². The molecule has 2 rings (SSSR count). The molecule has 4 heteroatoms. The Morgan fingerprint density at radius 3 is 2.74 bits per heavy atom. The molecular formula is C15H30N2O2. The van der Waals surface area contributed by atoms with E-state index in [9.17, 15) is 0 Å². The average molecular weight is 270 g/mol. The molecule has 0 amide bonds. The quantitative estimate of drug-likeness (QED) is 0.713. The molecule has 0 aromatic heterocycles. The second kappa shape index (κ2) is 7.58. The SMILES string of the molecule is COCCOCCCN1CC(C)NCC12CCCC2. The van der Waals surface area contributed by atoms with Crippen LogP contribution in [-0.2, 0) is 9.47 Å². The summed E-state index contributed by atoms with van der Waals surface area (Å²) in [5.41, 5.74) is 0.457. The first-order chi connectivity index (χ1) is 9.27. The van der Waals surface area contributed by atoms with Gasteiger partial charge in [-0.15, -0.1) is 0 Å². The molecule has 1 spiro atoms. The van der Waals surface area contributed by atoms with Gasteiger partial charge in [0.15, 0.2) is 0 Å². The van der Waals surface area contributed by atoms with E-state index >= 15 is 0 Å². The summed E-state index contributed by atoms with van der Waals surface area (Å²) in [6.07, 6.45) is 6.68. The number of ether oxygens (including phenoxy) is 2. The molecule has 1 saturated carbocycles. The molecule has 0 aromatic carbocycles. The van der Waals surface area contributed by atoms with Crippen LogP contribution in [-0.4, -0.2) is 63.0 Å². The molecule has 2 aliphatic rings. The number of hydrogen-bond acceptors (Lipinski definition) is 4. The largest absolute Gasteiger partial charge is 0.382 e. The van der Waals surface area contributed by atoms with Crippen LogP contribution in [0, 0.1) is 0 Å². The van der Waals surface area contributed by atoms with Crippen molar-refractivity contribution in [3.8, 4) is 0 Å². The van der Waals surface area contributed by atoms with Gasteiger partial charge in [0.05, 0.1) is 13.2 Å². The summed E-state index contributed by atoms with van der Waals surface area (Å²) in [5.74, 6) is 0. The van der Waals surface area contributed by atoms with Crippen LogP contribution in [0.25, 0.3) is 0 Å². The van der Waals surface area contributed by atoms with Gasteiger partial charge in [0.2, 0.25) is 0 Å². The molecule has 4 nitrogen and oxygen atoms in total. The van der Waals surface area contributed by atoms with E-state index in [2.05, 4.69) is 17.1 Å². The minimum Gasteiger partial charge on any atom is -0.382 e. The van der Waals surface area contributed by atoms with Crippen molar-refractivity contribution in [2.45, 2.75) is 50.6 Å². The van der Waals surface area contributed by atoms with Gasteiger partial charge in [-0.2, -0.15) is 0 Å². The minimum absolute atomic E-state index is 0.457. The van der Waals surface area contributed by atoms with E-state index < -0.39 is 0 Å². The van der Waals surface area contributed by atoms with Gasteiger partial charge in [0.25, 0.3) is 0 Å². The highest BCUT2D eigenvalue weighted by atomic mass is 16.5. The number of nitrogens with zero attached hydrogens (tertiary/aromatic N) is 1. The van der Waals surface area contributed by atoms with Gasteiger partial charge < -0.3 is 14.8 Å². The van der Waals surface area contributed by atoms with E-state index in [1.165, 1.54) is 45.3 Å². The van der Waals surface area contributed by atoms with Gasteiger partial charge in [0, 0.05) is 44.9 Å². The Labute approximate surface area is 117 Å². The molecule has 0 radical (unpaired) electrons. The molecule has 1 aliphatic heterocycles. The Bertz CT molecular complexity index is 255. The molecule has 0 bridgehead atoms. The van der Waals surface area contributed by atoms with Crippen molar-refractivity contribution in [3.63, 3.8) is 0 Å². The minimum atomic E-state index is 0.457. The number of nitrogens with one attached hydrogen (secondary N) is 1. The first kappa shape index (κ1) is 15.2. The van der Waals surface area contributed by atoms with Gasteiger partial charge in [-0.1, -0.05) is 12.8 Å².